The lowest BCUT2D eigenvalue weighted by Crippen LogP contribution is -2.35. The van der Waals surface area contributed by atoms with Crippen LogP contribution in [-0.2, 0) is 4.79 Å². The van der Waals surface area contributed by atoms with Gasteiger partial charge in [-0.3, -0.25) is 15.0 Å². The Balaban J connectivity index is 1.76. The van der Waals surface area contributed by atoms with E-state index in [1.54, 1.807) is 24.3 Å². The Labute approximate surface area is 134 Å². The minimum absolute atomic E-state index is 0.0484. The van der Waals surface area contributed by atoms with Gasteiger partial charge in [-0.05, 0) is 36.4 Å². The Morgan fingerprint density at radius 2 is 1.83 bits per heavy atom. The lowest BCUT2D eigenvalue weighted by atomic mass is 10.1. The zero-order chi connectivity index (χ0) is 16.2. The third kappa shape index (κ3) is 3.29. The van der Waals surface area contributed by atoms with Gasteiger partial charge in [0.2, 0.25) is 0 Å². The number of amides is 1. The molecule has 0 aliphatic carbocycles. The SMILES string of the molecule is CCC(=O)c1ccc(N=C2CC(=O)N(c3ccccc3)N2)cc1. The van der Waals surface area contributed by atoms with Crippen molar-refractivity contribution in [3.8, 4) is 0 Å². The van der Waals surface area contributed by atoms with Crippen LogP contribution in [0.1, 0.15) is 30.1 Å². The minimum atomic E-state index is -0.0484. The van der Waals surface area contributed by atoms with Crippen LogP contribution < -0.4 is 10.4 Å². The number of nitrogens with one attached hydrogen (secondary N) is 1. The Kier molecular flexibility index (Phi) is 4.19. The highest BCUT2D eigenvalue weighted by molar-refractivity contribution is 6.14. The summed E-state index contributed by atoms with van der Waals surface area (Å²) in [5.41, 5.74) is 5.19. The number of carbonyl (C=O) groups excluding carboxylic acids is 2. The lowest BCUT2D eigenvalue weighted by molar-refractivity contribution is -0.116. The summed E-state index contributed by atoms with van der Waals surface area (Å²) < 4.78 is 0. The van der Waals surface area contributed by atoms with Gasteiger partial charge >= 0.3 is 0 Å². The molecule has 0 unspecified atom stereocenters. The van der Waals surface area contributed by atoms with Gasteiger partial charge in [-0.1, -0.05) is 25.1 Å². The van der Waals surface area contributed by atoms with E-state index in [0.29, 0.717) is 23.5 Å². The second-order valence-electron chi connectivity index (χ2n) is 5.24. The summed E-state index contributed by atoms with van der Waals surface area (Å²) in [6, 6.07) is 16.5. The van der Waals surface area contributed by atoms with Crippen molar-refractivity contribution >= 4 is 28.9 Å². The molecule has 2 aromatic rings. The van der Waals surface area contributed by atoms with Crippen molar-refractivity contribution in [3.63, 3.8) is 0 Å². The number of aliphatic imine (C=N–C) groups is 1. The molecule has 0 aromatic heterocycles. The van der Waals surface area contributed by atoms with Crippen LogP contribution in [0.15, 0.2) is 59.6 Å². The Hall–Kier alpha value is -2.95. The Morgan fingerprint density at radius 3 is 2.48 bits per heavy atom. The molecule has 3 rings (SSSR count). The van der Waals surface area contributed by atoms with Crippen LogP contribution in [0.25, 0.3) is 0 Å². The summed E-state index contributed by atoms with van der Waals surface area (Å²) in [6.07, 6.45) is 0.709. The largest absolute Gasteiger partial charge is 0.294 e. The highest BCUT2D eigenvalue weighted by atomic mass is 16.2. The average molecular weight is 307 g/mol. The van der Waals surface area contributed by atoms with Crippen LogP contribution in [0.5, 0.6) is 0 Å². The predicted molar refractivity (Wildman–Crippen MR) is 89.8 cm³/mol. The molecule has 5 heteroatoms. The molecule has 1 saturated heterocycles. The zero-order valence-corrected chi connectivity index (χ0v) is 12.8. The van der Waals surface area contributed by atoms with Gasteiger partial charge in [-0.15, -0.1) is 0 Å². The summed E-state index contributed by atoms with van der Waals surface area (Å²) >= 11 is 0. The van der Waals surface area contributed by atoms with E-state index >= 15 is 0 Å². The smallest absolute Gasteiger partial charge is 0.253 e. The number of amidine groups is 1. The van der Waals surface area contributed by atoms with E-state index < -0.39 is 0 Å². The first-order chi connectivity index (χ1) is 11.2. The standard InChI is InChI=1S/C18H17N3O2/c1-2-16(22)13-8-10-14(11-9-13)19-17-12-18(23)21(20-17)15-6-4-3-5-7-15/h3-11H,2,12H2,1H3,(H,19,20). The number of hydrazine groups is 1. The highest BCUT2D eigenvalue weighted by Gasteiger charge is 2.26. The van der Waals surface area contributed by atoms with Crippen LogP contribution in [0.2, 0.25) is 0 Å². The molecule has 5 nitrogen and oxygen atoms in total. The number of ketones is 1. The number of anilines is 1. The molecule has 0 bridgehead atoms. The van der Waals surface area contributed by atoms with E-state index in [2.05, 4.69) is 10.4 Å². The molecule has 2 aromatic carbocycles. The second kappa shape index (κ2) is 6.44. The van der Waals surface area contributed by atoms with E-state index in [-0.39, 0.29) is 18.1 Å². The van der Waals surface area contributed by atoms with Crippen LogP contribution in [0.3, 0.4) is 0 Å². The molecular weight excluding hydrogens is 290 g/mol. The molecule has 0 radical (unpaired) electrons. The van der Waals surface area contributed by atoms with E-state index in [0.717, 1.165) is 5.69 Å². The van der Waals surface area contributed by atoms with E-state index in [1.165, 1.54) is 5.01 Å². The number of Topliss-reactive ketones (excluding diaryl/α,β-unsaturated/α-hetero) is 1. The first-order valence-corrected chi connectivity index (χ1v) is 7.53. The molecule has 1 N–H and O–H groups in total. The topological polar surface area (TPSA) is 61.8 Å². The Morgan fingerprint density at radius 1 is 1.13 bits per heavy atom. The lowest BCUT2D eigenvalue weighted by Gasteiger charge is -2.15. The fourth-order valence-corrected chi connectivity index (χ4v) is 2.39. The van der Waals surface area contributed by atoms with Crippen LogP contribution >= 0.6 is 0 Å². The molecule has 0 atom stereocenters. The third-order valence-corrected chi connectivity index (χ3v) is 3.60. The first-order valence-electron chi connectivity index (χ1n) is 7.53. The summed E-state index contributed by atoms with van der Waals surface area (Å²) in [4.78, 5) is 28.2. The summed E-state index contributed by atoms with van der Waals surface area (Å²) in [5.74, 6) is 0.648. The summed E-state index contributed by atoms with van der Waals surface area (Å²) in [6.45, 7) is 1.84. The molecule has 0 saturated carbocycles. The molecule has 1 heterocycles. The fourth-order valence-electron chi connectivity index (χ4n) is 2.39. The number of rotatable bonds is 4. The van der Waals surface area contributed by atoms with Crippen LogP contribution in [0, 0.1) is 0 Å². The predicted octanol–water partition coefficient (Wildman–Crippen LogP) is 3.25. The van der Waals surface area contributed by atoms with Crippen LogP contribution in [0.4, 0.5) is 11.4 Å². The third-order valence-electron chi connectivity index (χ3n) is 3.60. The van der Waals surface area contributed by atoms with Crippen molar-refractivity contribution in [3.05, 3.63) is 60.2 Å². The van der Waals surface area contributed by atoms with Crippen molar-refractivity contribution in [2.75, 3.05) is 5.01 Å². The van der Waals surface area contributed by atoms with Crippen molar-refractivity contribution in [2.24, 2.45) is 4.99 Å². The molecule has 116 valence electrons. The van der Waals surface area contributed by atoms with Crippen LogP contribution in [-0.4, -0.2) is 17.5 Å². The number of para-hydroxylation sites is 1. The highest BCUT2D eigenvalue weighted by Crippen LogP contribution is 2.19. The number of benzene rings is 2. The van der Waals surface area contributed by atoms with Gasteiger partial charge in [0.1, 0.15) is 5.84 Å². The quantitative estimate of drug-likeness (QED) is 0.882. The molecule has 1 fully saturated rings. The molecule has 23 heavy (non-hydrogen) atoms. The van der Waals surface area contributed by atoms with Crippen molar-refractivity contribution in [1.29, 1.82) is 0 Å². The van der Waals surface area contributed by atoms with E-state index in [1.807, 2.05) is 37.3 Å². The normalized spacial score (nSPS) is 15.8. The average Bonchev–Trinajstić information content (AvgIpc) is 2.96. The van der Waals surface area contributed by atoms with Crippen molar-refractivity contribution in [1.82, 2.24) is 5.43 Å². The van der Waals surface area contributed by atoms with Gasteiger partial charge < -0.3 is 0 Å². The molecular formula is C18H17N3O2. The van der Waals surface area contributed by atoms with Crippen molar-refractivity contribution < 1.29 is 9.59 Å². The van der Waals surface area contributed by atoms with E-state index in [9.17, 15) is 9.59 Å². The summed E-state index contributed by atoms with van der Waals surface area (Å²) in [7, 11) is 0. The van der Waals surface area contributed by atoms with Gasteiger partial charge in [0.05, 0.1) is 17.8 Å². The van der Waals surface area contributed by atoms with Crippen molar-refractivity contribution in [2.45, 2.75) is 19.8 Å². The zero-order valence-electron chi connectivity index (χ0n) is 12.8. The number of hydrogen-bond acceptors (Lipinski definition) is 3. The number of nitrogens with zero attached hydrogens (tertiary/aromatic N) is 2. The molecule has 1 aliphatic rings. The van der Waals surface area contributed by atoms with Gasteiger partial charge in [0, 0.05) is 12.0 Å². The summed E-state index contributed by atoms with van der Waals surface area (Å²) in [5, 5.41) is 1.49. The maximum Gasteiger partial charge on any atom is 0.253 e. The Bertz CT molecular complexity index is 752. The maximum atomic E-state index is 12.1. The van der Waals surface area contributed by atoms with Gasteiger partial charge in [-0.25, -0.2) is 10.0 Å². The van der Waals surface area contributed by atoms with Gasteiger partial charge in [-0.2, -0.15) is 0 Å². The second-order valence-corrected chi connectivity index (χ2v) is 5.24. The van der Waals surface area contributed by atoms with Gasteiger partial charge in [0.15, 0.2) is 5.78 Å². The first kappa shape index (κ1) is 15.0. The molecule has 0 spiro atoms. The number of carbonyl (C=O) groups is 2. The van der Waals surface area contributed by atoms with E-state index in [4.69, 9.17) is 0 Å². The fraction of sp³-hybridized carbons (Fsp3) is 0.167. The van der Waals surface area contributed by atoms with Gasteiger partial charge in [0.25, 0.3) is 5.91 Å². The monoisotopic (exact) mass is 307 g/mol. The molecule has 1 aliphatic heterocycles. The minimum Gasteiger partial charge on any atom is -0.294 e. The number of hydrogen-bond donors (Lipinski definition) is 1. The maximum absolute atomic E-state index is 12.1. The molecule has 1 amide bonds.